The number of hydrogen-bond acceptors (Lipinski definition) is 6. The van der Waals surface area contributed by atoms with Gasteiger partial charge in [-0.3, -0.25) is 14.6 Å². The molecule has 0 radical (unpaired) electrons. The molecule has 0 fully saturated rings. The van der Waals surface area contributed by atoms with Gasteiger partial charge in [0, 0.05) is 48.2 Å². The van der Waals surface area contributed by atoms with E-state index < -0.39 is 23.7 Å². The molecule has 1 amide bonds. The third-order valence-corrected chi connectivity index (χ3v) is 6.42. The molecule has 0 aliphatic rings. The molecular formula is C32H31F2N3O4. The van der Waals surface area contributed by atoms with Crippen molar-refractivity contribution in [3.05, 3.63) is 102 Å². The Hall–Kier alpha value is -4.79. The summed E-state index contributed by atoms with van der Waals surface area (Å²) in [5.41, 5.74) is 1.83. The second-order valence-electron chi connectivity index (χ2n) is 9.56. The number of benzene rings is 3. The highest BCUT2D eigenvalue weighted by Gasteiger charge is 2.23. The van der Waals surface area contributed by atoms with Crippen molar-refractivity contribution in [1.82, 2.24) is 9.88 Å². The average molecular weight is 560 g/mol. The normalized spacial score (nSPS) is 12.3. The van der Waals surface area contributed by atoms with Gasteiger partial charge < -0.3 is 19.7 Å². The molecule has 41 heavy (non-hydrogen) atoms. The smallest absolute Gasteiger partial charge is 0.261 e. The molecule has 0 aliphatic carbocycles. The summed E-state index contributed by atoms with van der Waals surface area (Å²) in [7, 11) is 1.55. The second kappa shape index (κ2) is 13.0. The minimum atomic E-state index is -1.20. The summed E-state index contributed by atoms with van der Waals surface area (Å²) < 4.78 is 40.2. The summed E-state index contributed by atoms with van der Waals surface area (Å²) >= 11 is 0. The predicted molar refractivity (Wildman–Crippen MR) is 154 cm³/mol. The van der Waals surface area contributed by atoms with Gasteiger partial charge in [0.1, 0.15) is 23.2 Å². The van der Waals surface area contributed by atoms with E-state index in [0.717, 1.165) is 11.6 Å². The number of ketones is 1. The van der Waals surface area contributed by atoms with E-state index in [1.165, 1.54) is 26.0 Å². The minimum Gasteiger partial charge on any atom is -0.497 e. The van der Waals surface area contributed by atoms with Crippen molar-refractivity contribution in [2.75, 3.05) is 19.0 Å². The molecule has 9 heteroatoms. The number of rotatable bonds is 11. The van der Waals surface area contributed by atoms with Crippen molar-refractivity contribution in [2.24, 2.45) is 0 Å². The van der Waals surface area contributed by atoms with Crippen LogP contribution in [0.25, 0.3) is 10.9 Å². The lowest BCUT2D eigenvalue weighted by Gasteiger charge is -2.28. The number of hydrogen-bond donors (Lipinski definition) is 1. The fourth-order valence-electron chi connectivity index (χ4n) is 4.46. The van der Waals surface area contributed by atoms with Crippen LogP contribution in [0.1, 0.15) is 26.3 Å². The van der Waals surface area contributed by atoms with E-state index in [2.05, 4.69) is 10.3 Å². The van der Waals surface area contributed by atoms with Crippen LogP contribution >= 0.6 is 0 Å². The number of halogens is 2. The monoisotopic (exact) mass is 559 g/mol. The number of aromatic nitrogens is 1. The molecule has 4 rings (SSSR count). The molecular weight excluding hydrogens is 528 g/mol. The number of anilines is 1. The van der Waals surface area contributed by atoms with Crippen molar-refractivity contribution < 1.29 is 27.8 Å². The van der Waals surface area contributed by atoms with E-state index >= 15 is 4.39 Å². The predicted octanol–water partition coefficient (Wildman–Crippen LogP) is 6.84. The molecule has 1 N–H and O–H groups in total. The molecule has 0 saturated carbocycles. The van der Waals surface area contributed by atoms with Crippen LogP contribution < -0.4 is 14.8 Å². The van der Waals surface area contributed by atoms with Crippen LogP contribution in [-0.4, -0.2) is 41.4 Å². The average Bonchev–Trinajstić information content (AvgIpc) is 2.94. The van der Waals surface area contributed by atoms with Gasteiger partial charge >= 0.3 is 0 Å². The number of ether oxygens (including phenoxy) is 2. The number of pyridine rings is 1. The molecule has 212 valence electrons. The molecule has 0 saturated heterocycles. The molecule has 1 aromatic heterocycles. The Morgan fingerprint density at radius 1 is 1.00 bits per heavy atom. The van der Waals surface area contributed by atoms with Crippen molar-refractivity contribution in [1.29, 1.82) is 0 Å². The van der Waals surface area contributed by atoms with Gasteiger partial charge in [-0.2, -0.15) is 0 Å². The quantitative estimate of drug-likeness (QED) is 0.123. The van der Waals surface area contributed by atoms with Gasteiger partial charge in [-0.1, -0.05) is 30.3 Å². The Morgan fingerprint density at radius 3 is 2.41 bits per heavy atom. The molecule has 4 aromatic rings. The maximum Gasteiger partial charge on any atom is 0.261 e. The fourth-order valence-corrected chi connectivity index (χ4v) is 4.46. The Bertz CT molecular complexity index is 1590. The highest BCUT2D eigenvalue weighted by molar-refractivity contribution is 6.23. The Morgan fingerprint density at radius 2 is 1.76 bits per heavy atom. The number of methoxy groups -OCH3 is 1. The van der Waals surface area contributed by atoms with Crippen molar-refractivity contribution in [3.8, 4) is 17.2 Å². The summed E-state index contributed by atoms with van der Waals surface area (Å²) in [5, 5.41) is 3.26. The van der Waals surface area contributed by atoms with Gasteiger partial charge in [-0.15, -0.1) is 0 Å². The lowest BCUT2D eigenvalue weighted by atomic mass is 10.1. The van der Waals surface area contributed by atoms with Crippen LogP contribution in [0.15, 0.2) is 90.3 Å². The van der Waals surface area contributed by atoms with Gasteiger partial charge in [0.15, 0.2) is 17.3 Å². The van der Waals surface area contributed by atoms with Gasteiger partial charge in [-0.25, -0.2) is 8.78 Å². The van der Waals surface area contributed by atoms with E-state index in [-0.39, 0.29) is 23.6 Å². The first-order chi connectivity index (χ1) is 19.7. The van der Waals surface area contributed by atoms with Gasteiger partial charge in [-0.05, 0) is 56.7 Å². The molecule has 3 aromatic carbocycles. The fraction of sp³-hybridized carbons (Fsp3) is 0.219. The van der Waals surface area contributed by atoms with Gasteiger partial charge in [0.05, 0.1) is 12.6 Å². The lowest BCUT2D eigenvalue weighted by molar-refractivity contribution is -0.119. The lowest BCUT2D eigenvalue weighted by Crippen LogP contribution is -2.32. The topological polar surface area (TPSA) is 80.8 Å². The molecule has 1 heterocycles. The molecule has 1 atom stereocenters. The van der Waals surface area contributed by atoms with E-state index in [0.29, 0.717) is 34.6 Å². The highest BCUT2D eigenvalue weighted by Crippen LogP contribution is 2.33. The molecule has 0 aliphatic heterocycles. The number of carbonyl (C=O) groups excluding carboxylic acids is 2. The summed E-state index contributed by atoms with van der Waals surface area (Å²) in [6, 6.07) is 20.2. The minimum absolute atomic E-state index is 0.0120. The number of nitrogens with one attached hydrogen (secondary N) is 1. The van der Waals surface area contributed by atoms with E-state index in [9.17, 15) is 14.0 Å². The Kier molecular flexibility index (Phi) is 9.29. The van der Waals surface area contributed by atoms with Crippen LogP contribution in [0.5, 0.6) is 17.2 Å². The first-order valence-corrected chi connectivity index (χ1v) is 13.0. The number of amides is 1. The third kappa shape index (κ3) is 7.25. The molecule has 1 unspecified atom stereocenters. The number of fused-ring (bicyclic) bond motifs is 1. The van der Waals surface area contributed by atoms with E-state index in [1.807, 2.05) is 30.3 Å². The van der Waals surface area contributed by atoms with Crippen molar-refractivity contribution >= 4 is 28.3 Å². The van der Waals surface area contributed by atoms with Crippen LogP contribution in [0.2, 0.25) is 0 Å². The number of alkyl halides is 1. The van der Waals surface area contributed by atoms with Crippen LogP contribution in [-0.2, 0) is 16.1 Å². The summed E-state index contributed by atoms with van der Waals surface area (Å²) in [4.78, 5) is 31.8. The molecule has 0 bridgehead atoms. The van der Waals surface area contributed by atoms with Crippen molar-refractivity contribution in [3.63, 3.8) is 0 Å². The van der Waals surface area contributed by atoms with E-state index in [4.69, 9.17) is 9.47 Å². The van der Waals surface area contributed by atoms with Gasteiger partial charge in [0.25, 0.3) is 5.91 Å². The van der Waals surface area contributed by atoms with Crippen LogP contribution in [0.4, 0.5) is 14.5 Å². The maximum atomic E-state index is 15.1. The van der Waals surface area contributed by atoms with E-state index in [1.54, 1.807) is 49.4 Å². The number of allylic oxidation sites excluding steroid dienone is 1. The van der Waals surface area contributed by atoms with Crippen LogP contribution in [0, 0.1) is 5.82 Å². The maximum absolute atomic E-state index is 15.1. The largest absolute Gasteiger partial charge is 0.497 e. The summed E-state index contributed by atoms with van der Waals surface area (Å²) in [6.07, 6.45) is 0.345. The first-order valence-electron chi connectivity index (χ1n) is 13.0. The Labute approximate surface area is 237 Å². The molecule has 7 nitrogen and oxygen atoms in total. The number of Topliss-reactive ketones (excluding diaryl/α,β-unsaturated/α-hetero) is 1. The third-order valence-electron chi connectivity index (χ3n) is 6.42. The van der Waals surface area contributed by atoms with Crippen LogP contribution in [0.3, 0.4) is 0 Å². The van der Waals surface area contributed by atoms with Crippen molar-refractivity contribution in [2.45, 2.75) is 33.5 Å². The van der Waals surface area contributed by atoms with Gasteiger partial charge in [0.2, 0.25) is 0 Å². The number of nitrogens with zero attached hydrogens (tertiary/aromatic N) is 2. The summed E-state index contributed by atoms with van der Waals surface area (Å²) in [5.74, 6) is -0.969. The Balaban J connectivity index is 1.56. The number of carbonyl (C=O) groups is 2. The summed E-state index contributed by atoms with van der Waals surface area (Å²) in [6.45, 7) is 4.58. The second-order valence-corrected chi connectivity index (χ2v) is 9.56. The standard InChI is InChI=1S/C32H31F2N3O4/c1-20(33)18-37(19-23-8-6-5-7-9-23)21(2)31(22(3)38)32(39)36-24-10-13-30(27(34)16-24)41-29-14-15-35-28-17-25(40-4)11-12-26(28)29/h5-17,20H,18-19H2,1-4H3,(H,36,39)/b31-21+. The SMILES string of the molecule is COc1ccc2c(Oc3ccc(NC(=O)/C(C(C)=O)=C(\C)N(Cc4ccccc4)CC(C)F)cc3F)ccnc2c1. The molecule has 0 spiro atoms. The zero-order valence-electron chi connectivity index (χ0n) is 23.3. The zero-order chi connectivity index (χ0) is 29.5. The highest BCUT2D eigenvalue weighted by atomic mass is 19.1. The first kappa shape index (κ1) is 29.2. The zero-order valence-corrected chi connectivity index (χ0v) is 23.3.